The standard InChI is InChI=1S/C72H140O17P2/c1-8-11-12-13-14-15-16-20-23-32-39-46-53-69(74)82-59-68(89-72(77)56-49-42-35-28-26-31-38-45-52-65(7)10-3)62-87-91(80,81)85-58-66(73)57-84-90(78,79)86-61-67(60-83-70(75)54-47-40-33-27-25-30-37-44-51-64(6)9-2)88-71(76)55-48-41-34-24-21-18-17-19-22-29-36-43-50-63(4)5/h63-68,73H,8-62H2,1-7H3,(H,78,79)(H,80,81)/t64?,65?,66-,67-,68-/m1/s1. The van der Waals surface area contributed by atoms with E-state index in [1.54, 1.807) is 0 Å². The van der Waals surface area contributed by atoms with Gasteiger partial charge in [-0.05, 0) is 43.4 Å². The van der Waals surface area contributed by atoms with Crippen LogP contribution in [0.15, 0.2) is 0 Å². The molecule has 540 valence electrons. The Hall–Kier alpha value is -1.94. The van der Waals surface area contributed by atoms with Gasteiger partial charge in [0.25, 0.3) is 0 Å². The molecule has 0 spiro atoms. The first-order chi connectivity index (χ1) is 43.8. The molecule has 19 heteroatoms. The minimum absolute atomic E-state index is 0.105. The third-order valence-electron chi connectivity index (χ3n) is 17.4. The van der Waals surface area contributed by atoms with Crippen LogP contribution in [0.25, 0.3) is 0 Å². The third-order valence-corrected chi connectivity index (χ3v) is 19.3. The van der Waals surface area contributed by atoms with E-state index >= 15 is 0 Å². The highest BCUT2D eigenvalue weighted by molar-refractivity contribution is 7.47. The van der Waals surface area contributed by atoms with E-state index in [1.165, 1.54) is 173 Å². The largest absolute Gasteiger partial charge is 0.472 e. The van der Waals surface area contributed by atoms with Crippen LogP contribution in [0.1, 0.15) is 363 Å². The van der Waals surface area contributed by atoms with Crippen molar-refractivity contribution in [3.05, 3.63) is 0 Å². The van der Waals surface area contributed by atoms with Gasteiger partial charge in [-0.2, -0.15) is 0 Å². The average Bonchev–Trinajstić information content (AvgIpc) is 3.49. The van der Waals surface area contributed by atoms with Crippen molar-refractivity contribution < 1.29 is 80.2 Å². The second kappa shape index (κ2) is 62.8. The van der Waals surface area contributed by atoms with Crippen LogP contribution in [-0.2, 0) is 65.4 Å². The van der Waals surface area contributed by atoms with Crippen LogP contribution in [-0.4, -0.2) is 96.7 Å². The van der Waals surface area contributed by atoms with Gasteiger partial charge in [0.15, 0.2) is 12.2 Å². The Kier molecular flexibility index (Phi) is 61.5. The van der Waals surface area contributed by atoms with Crippen LogP contribution >= 0.6 is 15.6 Å². The van der Waals surface area contributed by atoms with Gasteiger partial charge in [-0.25, -0.2) is 9.13 Å². The van der Waals surface area contributed by atoms with Crippen molar-refractivity contribution in [3.63, 3.8) is 0 Å². The van der Waals surface area contributed by atoms with Crippen LogP contribution in [0, 0.1) is 17.8 Å². The monoisotopic (exact) mass is 1340 g/mol. The third kappa shape index (κ3) is 63.9. The fourth-order valence-electron chi connectivity index (χ4n) is 10.8. The first-order valence-electron chi connectivity index (χ1n) is 37.4. The second-order valence-corrected chi connectivity index (χ2v) is 29.8. The number of hydrogen-bond donors (Lipinski definition) is 3. The normalized spacial score (nSPS) is 14.8. The zero-order chi connectivity index (χ0) is 67.3. The molecule has 0 aromatic rings. The van der Waals surface area contributed by atoms with Gasteiger partial charge in [-0.3, -0.25) is 37.3 Å². The van der Waals surface area contributed by atoms with E-state index in [9.17, 15) is 43.2 Å². The minimum Gasteiger partial charge on any atom is -0.462 e. The molecule has 0 heterocycles. The summed E-state index contributed by atoms with van der Waals surface area (Å²) in [5, 5.41) is 10.6. The number of aliphatic hydroxyl groups excluding tert-OH is 1. The van der Waals surface area contributed by atoms with E-state index in [0.29, 0.717) is 25.7 Å². The highest BCUT2D eigenvalue weighted by atomic mass is 31.2. The zero-order valence-electron chi connectivity index (χ0n) is 59.3. The van der Waals surface area contributed by atoms with E-state index < -0.39 is 97.5 Å². The first-order valence-corrected chi connectivity index (χ1v) is 40.4. The lowest BCUT2D eigenvalue weighted by Crippen LogP contribution is -2.30. The molecule has 0 aliphatic heterocycles. The summed E-state index contributed by atoms with van der Waals surface area (Å²) in [4.78, 5) is 72.7. The smallest absolute Gasteiger partial charge is 0.462 e. The maximum atomic E-state index is 13.0. The number of aliphatic hydroxyl groups is 1. The molecular weight excluding hydrogens is 1200 g/mol. The fraction of sp³-hybridized carbons (Fsp3) is 0.944. The van der Waals surface area contributed by atoms with Gasteiger partial charge in [0.2, 0.25) is 0 Å². The van der Waals surface area contributed by atoms with Gasteiger partial charge in [0, 0.05) is 25.7 Å². The molecule has 3 N–H and O–H groups in total. The summed E-state index contributed by atoms with van der Waals surface area (Å²) in [7, 11) is -9.91. The molecule has 0 fully saturated rings. The summed E-state index contributed by atoms with van der Waals surface area (Å²) >= 11 is 0. The predicted octanol–water partition coefficient (Wildman–Crippen LogP) is 20.6. The molecule has 0 radical (unpaired) electrons. The lowest BCUT2D eigenvalue weighted by Gasteiger charge is -2.21. The van der Waals surface area contributed by atoms with Crippen molar-refractivity contribution in [3.8, 4) is 0 Å². The maximum Gasteiger partial charge on any atom is 0.472 e. The van der Waals surface area contributed by atoms with E-state index in [2.05, 4.69) is 48.5 Å². The summed E-state index contributed by atoms with van der Waals surface area (Å²) in [6.07, 6.45) is 47.0. The lowest BCUT2D eigenvalue weighted by atomic mass is 9.99. The van der Waals surface area contributed by atoms with Crippen molar-refractivity contribution >= 4 is 39.5 Å². The molecule has 91 heavy (non-hydrogen) atoms. The SMILES string of the molecule is CCCCCCCCCCCCCCC(=O)OC[C@H](COP(=O)(O)OC[C@H](O)COP(=O)(O)OC[C@@H](COC(=O)CCCCCCCCCCC(C)CC)OC(=O)CCCCCCCCCCCCCCC(C)C)OC(=O)CCCCCCCCCCC(C)CC. The number of hydrogen-bond acceptors (Lipinski definition) is 15. The van der Waals surface area contributed by atoms with E-state index in [-0.39, 0.29) is 25.7 Å². The van der Waals surface area contributed by atoms with Gasteiger partial charge in [0.05, 0.1) is 26.4 Å². The van der Waals surface area contributed by atoms with Gasteiger partial charge in [0.1, 0.15) is 19.3 Å². The highest BCUT2D eigenvalue weighted by Crippen LogP contribution is 2.45. The molecule has 0 aliphatic carbocycles. The van der Waals surface area contributed by atoms with Crippen LogP contribution < -0.4 is 0 Å². The van der Waals surface area contributed by atoms with Crippen molar-refractivity contribution in [1.29, 1.82) is 0 Å². The Morgan fingerprint density at radius 3 is 0.835 bits per heavy atom. The zero-order valence-corrected chi connectivity index (χ0v) is 61.1. The minimum atomic E-state index is -4.95. The highest BCUT2D eigenvalue weighted by Gasteiger charge is 2.30. The first kappa shape index (κ1) is 89.1. The molecule has 0 aliphatic rings. The van der Waals surface area contributed by atoms with Crippen LogP contribution in [0.2, 0.25) is 0 Å². The van der Waals surface area contributed by atoms with Crippen molar-refractivity contribution in [2.24, 2.45) is 17.8 Å². The summed E-state index contributed by atoms with van der Waals surface area (Å²) in [6, 6.07) is 0. The van der Waals surface area contributed by atoms with Crippen molar-refractivity contribution in [2.75, 3.05) is 39.6 Å². The summed E-state index contributed by atoms with van der Waals surface area (Å²) < 4.78 is 68.4. The molecule has 7 atom stereocenters. The number of phosphoric acid groups is 2. The number of esters is 4. The number of rotatable bonds is 70. The Morgan fingerprint density at radius 2 is 0.560 bits per heavy atom. The Labute approximate surface area is 556 Å². The molecule has 17 nitrogen and oxygen atoms in total. The average molecular weight is 1340 g/mol. The van der Waals surface area contributed by atoms with Crippen LogP contribution in [0.3, 0.4) is 0 Å². The van der Waals surface area contributed by atoms with E-state index in [0.717, 1.165) is 108 Å². The molecular formula is C72H140O17P2. The summed E-state index contributed by atoms with van der Waals surface area (Å²) in [5.41, 5.74) is 0. The van der Waals surface area contributed by atoms with Crippen molar-refractivity contribution in [1.82, 2.24) is 0 Å². The predicted molar refractivity (Wildman–Crippen MR) is 368 cm³/mol. The molecule has 0 aromatic carbocycles. The Balaban J connectivity index is 5.27. The van der Waals surface area contributed by atoms with Crippen LogP contribution in [0.5, 0.6) is 0 Å². The maximum absolute atomic E-state index is 13.0. The number of carbonyl (C=O) groups excluding carboxylic acids is 4. The number of phosphoric ester groups is 2. The van der Waals surface area contributed by atoms with Gasteiger partial charge < -0.3 is 33.8 Å². The lowest BCUT2D eigenvalue weighted by molar-refractivity contribution is -0.161. The topological polar surface area (TPSA) is 237 Å². The molecule has 0 saturated heterocycles. The number of ether oxygens (including phenoxy) is 4. The molecule has 0 saturated carbocycles. The Bertz CT molecular complexity index is 1790. The summed E-state index contributed by atoms with van der Waals surface area (Å²) in [5.74, 6) is 0.200. The fourth-order valence-corrected chi connectivity index (χ4v) is 12.4. The van der Waals surface area contributed by atoms with Gasteiger partial charge >= 0.3 is 39.5 Å². The molecule has 0 aromatic heterocycles. The summed E-state index contributed by atoms with van der Waals surface area (Å²) in [6.45, 7) is 11.9. The quantitative estimate of drug-likeness (QED) is 0.0222. The van der Waals surface area contributed by atoms with E-state index in [4.69, 9.17) is 37.0 Å². The van der Waals surface area contributed by atoms with Gasteiger partial charge in [-0.15, -0.1) is 0 Å². The molecule has 4 unspecified atom stereocenters. The van der Waals surface area contributed by atoms with Gasteiger partial charge in [-0.1, -0.05) is 312 Å². The van der Waals surface area contributed by atoms with E-state index in [1.807, 2.05) is 0 Å². The Morgan fingerprint density at radius 1 is 0.319 bits per heavy atom. The molecule has 0 bridgehead atoms. The van der Waals surface area contributed by atoms with Crippen molar-refractivity contribution in [2.45, 2.75) is 381 Å². The molecule has 0 amide bonds. The van der Waals surface area contributed by atoms with Crippen LogP contribution in [0.4, 0.5) is 0 Å². The molecule has 0 rings (SSSR count). The number of unbranched alkanes of at least 4 members (excludes halogenated alkanes) is 36. The second-order valence-electron chi connectivity index (χ2n) is 26.9. The number of carbonyl (C=O) groups is 4.